The molecule has 0 saturated carbocycles. The Labute approximate surface area is 219 Å². The second kappa shape index (κ2) is 12.5. The molecule has 0 unspecified atom stereocenters. The van der Waals surface area contributed by atoms with Gasteiger partial charge in [-0.05, 0) is 62.1 Å². The summed E-state index contributed by atoms with van der Waals surface area (Å²) in [6.45, 7) is 0.678. The van der Waals surface area contributed by atoms with Gasteiger partial charge in [0.15, 0.2) is 11.5 Å². The predicted molar refractivity (Wildman–Crippen MR) is 143 cm³/mol. The number of hydrogen-bond acceptors (Lipinski definition) is 9. The maximum absolute atomic E-state index is 12.9. The van der Waals surface area contributed by atoms with E-state index in [4.69, 9.17) is 26.4 Å². The SMILES string of the molecule is COc1ccc(/C=C2\SC(=S)N(CC(=O)Nc3ccc(C(=O)OCCN(C)C)cc3)C2=O)cc1OC. The van der Waals surface area contributed by atoms with E-state index in [9.17, 15) is 14.4 Å². The van der Waals surface area contributed by atoms with Gasteiger partial charge in [-0.1, -0.05) is 30.0 Å². The third kappa shape index (κ3) is 7.06. The van der Waals surface area contributed by atoms with Crippen LogP contribution >= 0.6 is 24.0 Å². The van der Waals surface area contributed by atoms with E-state index in [1.807, 2.05) is 19.0 Å². The van der Waals surface area contributed by atoms with Crippen molar-refractivity contribution in [2.24, 2.45) is 0 Å². The average molecular weight is 530 g/mol. The van der Waals surface area contributed by atoms with Gasteiger partial charge in [0.05, 0.1) is 24.7 Å². The van der Waals surface area contributed by atoms with Crippen molar-refractivity contribution >= 4 is 57.8 Å². The highest BCUT2D eigenvalue weighted by Gasteiger charge is 2.33. The van der Waals surface area contributed by atoms with Crippen LogP contribution in [0.25, 0.3) is 6.08 Å². The van der Waals surface area contributed by atoms with E-state index >= 15 is 0 Å². The molecule has 11 heteroatoms. The lowest BCUT2D eigenvalue weighted by atomic mass is 10.2. The van der Waals surface area contributed by atoms with Crippen LogP contribution < -0.4 is 14.8 Å². The van der Waals surface area contributed by atoms with Crippen molar-refractivity contribution in [1.82, 2.24) is 9.80 Å². The molecule has 0 aromatic heterocycles. The third-order valence-corrected chi connectivity index (χ3v) is 6.43. The van der Waals surface area contributed by atoms with Crippen LogP contribution in [0, 0.1) is 0 Å². The Morgan fingerprint density at radius 3 is 2.42 bits per heavy atom. The normalized spacial score (nSPS) is 14.4. The first-order valence-corrected chi connectivity index (χ1v) is 12.1. The number of nitrogens with one attached hydrogen (secondary N) is 1. The molecule has 2 aromatic carbocycles. The molecule has 3 rings (SSSR count). The lowest BCUT2D eigenvalue weighted by Crippen LogP contribution is -2.36. The molecule has 9 nitrogen and oxygen atoms in total. The average Bonchev–Trinajstić information content (AvgIpc) is 3.11. The van der Waals surface area contributed by atoms with Crippen molar-refractivity contribution in [2.45, 2.75) is 0 Å². The molecule has 0 aliphatic carbocycles. The number of thioether (sulfide) groups is 1. The van der Waals surface area contributed by atoms with Gasteiger partial charge in [0.25, 0.3) is 5.91 Å². The third-order valence-electron chi connectivity index (χ3n) is 5.06. The summed E-state index contributed by atoms with van der Waals surface area (Å²) >= 11 is 6.45. The Hall–Kier alpha value is -3.41. The van der Waals surface area contributed by atoms with E-state index in [1.54, 1.807) is 55.7 Å². The standard InChI is InChI=1S/C25H27N3O6S2/c1-27(2)11-12-34-24(31)17-6-8-18(9-7-17)26-22(29)15-28-23(30)21(36-25(28)35)14-16-5-10-19(32-3)20(13-16)33-4/h5-10,13-14H,11-12,15H2,1-4H3,(H,26,29)/b21-14-. The van der Waals surface area contributed by atoms with Gasteiger partial charge in [-0.25, -0.2) is 4.79 Å². The summed E-state index contributed by atoms with van der Waals surface area (Å²) in [6.07, 6.45) is 1.69. The summed E-state index contributed by atoms with van der Waals surface area (Å²) < 4.78 is 16.0. The summed E-state index contributed by atoms with van der Waals surface area (Å²) in [7, 11) is 6.86. The lowest BCUT2D eigenvalue weighted by Gasteiger charge is -2.14. The highest BCUT2D eigenvalue weighted by atomic mass is 32.2. The van der Waals surface area contributed by atoms with Crippen LogP contribution in [0.4, 0.5) is 5.69 Å². The van der Waals surface area contributed by atoms with Gasteiger partial charge in [-0.15, -0.1) is 0 Å². The molecular weight excluding hydrogens is 502 g/mol. The number of rotatable bonds is 10. The summed E-state index contributed by atoms with van der Waals surface area (Å²) in [4.78, 5) is 41.1. The van der Waals surface area contributed by atoms with E-state index in [0.717, 1.165) is 17.3 Å². The maximum Gasteiger partial charge on any atom is 0.338 e. The van der Waals surface area contributed by atoms with Crippen molar-refractivity contribution in [2.75, 3.05) is 53.3 Å². The zero-order valence-corrected chi connectivity index (χ0v) is 22.0. The van der Waals surface area contributed by atoms with Crippen LogP contribution in [0.3, 0.4) is 0 Å². The molecule has 0 radical (unpaired) electrons. The fourth-order valence-electron chi connectivity index (χ4n) is 3.17. The molecule has 1 N–H and O–H groups in total. The van der Waals surface area contributed by atoms with E-state index in [1.165, 1.54) is 12.0 Å². The second-order valence-corrected chi connectivity index (χ2v) is 9.62. The zero-order valence-electron chi connectivity index (χ0n) is 20.4. The van der Waals surface area contributed by atoms with E-state index < -0.39 is 11.9 Å². The van der Waals surface area contributed by atoms with Gasteiger partial charge in [0.1, 0.15) is 17.5 Å². The predicted octanol–water partition coefficient (Wildman–Crippen LogP) is 3.26. The summed E-state index contributed by atoms with van der Waals surface area (Å²) in [5.41, 5.74) is 1.60. The molecular formula is C25H27N3O6S2. The summed E-state index contributed by atoms with van der Waals surface area (Å²) in [6, 6.07) is 11.6. The van der Waals surface area contributed by atoms with Gasteiger partial charge in [-0.3, -0.25) is 14.5 Å². The maximum atomic E-state index is 12.9. The minimum absolute atomic E-state index is 0.234. The first kappa shape index (κ1) is 27.2. The molecule has 1 aliphatic rings. The number of hydrogen-bond donors (Lipinski definition) is 1. The van der Waals surface area contributed by atoms with Crippen molar-refractivity contribution in [3.05, 3.63) is 58.5 Å². The minimum Gasteiger partial charge on any atom is -0.493 e. The molecule has 1 fully saturated rings. The number of likely N-dealkylation sites (N-methyl/N-ethyl adjacent to an activating group) is 1. The molecule has 0 atom stereocenters. The van der Waals surface area contributed by atoms with Crippen LogP contribution in [-0.2, 0) is 14.3 Å². The molecule has 1 heterocycles. The molecule has 0 bridgehead atoms. The van der Waals surface area contributed by atoms with Gasteiger partial charge in [0, 0.05) is 12.2 Å². The Kier molecular flexibility index (Phi) is 9.45. The molecule has 1 aliphatic heterocycles. The topological polar surface area (TPSA) is 97.4 Å². The molecule has 36 heavy (non-hydrogen) atoms. The fraction of sp³-hybridized carbons (Fsp3) is 0.280. The highest BCUT2D eigenvalue weighted by Crippen LogP contribution is 2.34. The van der Waals surface area contributed by atoms with E-state index in [-0.39, 0.29) is 23.4 Å². The van der Waals surface area contributed by atoms with Gasteiger partial charge >= 0.3 is 5.97 Å². The Morgan fingerprint density at radius 1 is 1.08 bits per heavy atom. The van der Waals surface area contributed by atoms with Gasteiger partial charge in [-0.2, -0.15) is 0 Å². The number of nitrogens with zero attached hydrogens (tertiary/aromatic N) is 2. The van der Waals surface area contributed by atoms with Crippen molar-refractivity contribution < 1.29 is 28.6 Å². The largest absolute Gasteiger partial charge is 0.493 e. The number of anilines is 1. The highest BCUT2D eigenvalue weighted by molar-refractivity contribution is 8.26. The summed E-state index contributed by atoms with van der Waals surface area (Å²) in [5.74, 6) is -0.0960. The quantitative estimate of drug-likeness (QED) is 0.283. The fourth-order valence-corrected chi connectivity index (χ4v) is 4.42. The van der Waals surface area contributed by atoms with Gasteiger partial charge < -0.3 is 24.4 Å². The number of thiocarbonyl (C=S) groups is 1. The number of amides is 2. The minimum atomic E-state index is -0.437. The molecule has 2 amide bonds. The number of ether oxygens (including phenoxy) is 3. The first-order valence-electron chi connectivity index (χ1n) is 10.9. The molecule has 190 valence electrons. The Bertz CT molecular complexity index is 1180. The van der Waals surface area contributed by atoms with Crippen LogP contribution in [0.15, 0.2) is 47.4 Å². The zero-order chi connectivity index (χ0) is 26.2. The molecule has 2 aromatic rings. The van der Waals surface area contributed by atoms with Crippen LogP contribution in [-0.4, -0.2) is 79.9 Å². The number of benzene rings is 2. The van der Waals surface area contributed by atoms with Crippen LogP contribution in [0.2, 0.25) is 0 Å². The van der Waals surface area contributed by atoms with Crippen molar-refractivity contribution in [3.8, 4) is 11.5 Å². The second-order valence-electron chi connectivity index (χ2n) is 7.95. The monoisotopic (exact) mass is 529 g/mol. The number of esters is 1. The van der Waals surface area contributed by atoms with Crippen molar-refractivity contribution in [1.29, 1.82) is 0 Å². The Morgan fingerprint density at radius 2 is 1.78 bits per heavy atom. The molecule has 1 saturated heterocycles. The number of methoxy groups -OCH3 is 2. The van der Waals surface area contributed by atoms with E-state index in [2.05, 4.69) is 5.32 Å². The first-order chi connectivity index (χ1) is 17.2. The van der Waals surface area contributed by atoms with Crippen LogP contribution in [0.5, 0.6) is 11.5 Å². The van der Waals surface area contributed by atoms with E-state index in [0.29, 0.717) is 34.2 Å². The number of carbonyl (C=O) groups is 3. The molecule has 0 spiro atoms. The Balaban J connectivity index is 1.59. The smallest absolute Gasteiger partial charge is 0.338 e. The van der Waals surface area contributed by atoms with Crippen LogP contribution in [0.1, 0.15) is 15.9 Å². The lowest BCUT2D eigenvalue weighted by molar-refractivity contribution is -0.126. The van der Waals surface area contributed by atoms with Gasteiger partial charge in [0.2, 0.25) is 5.91 Å². The summed E-state index contributed by atoms with van der Waals surface area (Å²) in [5, 5.41) is 2.72. The number of carbonyl (C=O) groups excluding carboxylic acids is 3. The van der Waals surface area contributed by atoms with Crippen molar-refractivity contribution in [3.63, 3.8) is 0 Å².